The van der Waals surface area contributed by atoms with Crippen LogP contribution in [-0.4, -0.2) is 41.7 Å². The number of benzene rings is 1. The van der Waals surface area contributed by atoms with E-state index in [-0.39, 0.29) is 10.6 Å². The zero-order chi connectivity index (χ0) is 16.4. The molecule has 2 N–H and O–H groups in total. The molecule has 0 bridgehead atoms. The highest BCUT2D eigenvalue weighted by molar-refractivity contribution is 6.35. The molecular formula is C17H20ClN3O2. The molecule has 1 fully saturated rings. The van der Waals surface area contributed by atoms with Gasteiger partial charge in [-0.1, -0.05) is 18.5 Å². The monoisotopic (exact) mass is 333 g/mol. The molecule has 1 saturated heterocycles. The average Bonchev–Trinajstić information content (AvgIpc) is 3.00. The number of hydrogen-bond acceptors (Lipinski definition) is 4. The topological polar surface area (TPSA) is 65.5 Å². The number of carboxylic acids is 1. The lowest BCUT2D eigenvalue weighted by Crippen LogP contribution is -2.33. The number of nitrogens with zero attached hydrogens (tertiary/aromatic N) is 2. The number of rotatable bonds is 5. The van der Waals surface area contributed by atoms with Crippen molar-refractivity contribution < 1.29 is 9.90 Å². The van der Waals surface area contributed by atoms with Crippen LogP contribution in [0.1, 0.15) is 30.1 Å². The van der Waals surface area contributed by atoms with Gasteiger partial charge in [0, 0.05) is 24.5 Å². The fraction of sp³-hybridized carbons (Fsp3) is 0.412. The molecule has 1 aromatic carbocycles. The minimum absolute atomic E-state index is 0.118. The number of anilines is 1. The smallest absolute Gasteiger partial charge is 0.337 e. The number of carbonyl (C=O) groups is 1. The van der Waals surface area contributed by atoms with Crippen molar-refractivity contribution in [1.29, 1.82) is 0 Å². The van der Waals surface area contributed by atoms with Crippen molar-refractivity contribution in [1.82, 2.24) is 10.3 Å². The van der Waals surface area contributed by atoms with Crippen LogP contribution in [0.2, 0.25) is 5.02 Å². The van der Waals surface area contributed by atoms with Crippen molar-refractivity contribution in [3.8, 4) is 0 Å². The zero-order valence-corrected chi connectivity index (χ0v) is 13.8. The molecule has 6 heteroatoms. The second kappa shape index (κ2) is 6.72. The largest absolute Gasteiger partial charge is 0.478 e. The molecule has 0 spiro atoms. The fourth-order valence-corrected chi connectivity index (χ4v) is 3.29. The summed E-state index contributed by atoms with van der Waals surface area (Å²) in [5.74, 6) is -0.142. The van der Waals surface area contributed by atoms with Crippen LogP contribution < -0.4 is 10.2 Å². The van der Waals surface area contributed by atoms with E-state index in [1.54, 1.807) is 18.2 Å². The molecule has 1 aliphatic heterocycles. The molecule has 1 aromatic heterocycles. The first kappa shape index (κ1) is 16.0. The molecule has 122 valence electrons. The lowest BCUT2D eigenvalue weighted by molar-refractivity contribution is 0.0699. The van der Waals surface area contributed by atoms with Gasteiger partial charge in [0.15, 0.2) is 0 Å². The van der Waals surface area contributed by atoms with Crippen molar-refractivity contribution >= 4 is 34.3 Å². The third kappa shape index (κ3) is 3.26. The van der Waals surface area contributed by atoms with E-state index in [0.717, 1.165) is 38.3 Å². The minimum atomic E-state index is -1.03. The van der Waals surface area contributed by atoms with Gasteiger partial charge >= 0.3 is 5.97 Å². The molecule has 0 radical (unpaired) electrons. The molecule has 0 aliphatic carbocycles. The standard InChI is InChI=1S/C17H20ClN3O2/c1-2-8-19-11-7-9-21(10-11)15-6-3-12-14(20-15)5-4-13(18)16(12)17(22)23/h3-6,11,19H,2,7-10H2,1H3,(H,22,23). The highest BCUT2D eigenvalue weighted by Gasteiger charge is 2.23. The SMILES string of the molecule is CCCNC1CCN(c2ccc3c(C(=O)O)c(Cl)ccc3n2)C1. The molecular weight excluding hydrogens is 314 g/mol. The van der Waals surface area contributed by atoms with Crippen LogP contribution in [0.4, 0.5) is 5.82 Å². The van der Waals surface area contributed by atoms with E-state index < -0.39 is 5.97 Å². The summed E-state index contributed by atoms with van der Waals surface area (Å²) in [7, 11) is 0. The van der Waals surface area contributed by atoms with Crippen molar-refractivity contribution in [3.63, 3.8) is 0 Å². The van der Waals surface area contributed by atoms with E-state index >= 15 is 0 Å². The van der Waals surface area contributed by atoms with Gasteiger partial charge in [-0.05, 0) is 43.7 Å². The van der Waals surface area contributed by atoms with Crippen LogP contribution >= 0.6 is 11.6 Å². The fourth-order valence-electron chi connectivity index (χ4n) is 3.04. The van der Waals surface area contributed by atoms with E-state index in [9.17, 15) is 9.90 Å². The number of aromatic nitrogens is 1. The summed E-state index contributed by atoms with van der Waals surface area (Å²) in [5.41, 5.74) is 0.779. The number of aromatic carboxylic acids is 1. The van der Waals surface area contributed by atoms with E-state index in [2.05, 4.69) is 22.1 Å². The third-order valence-electron chi connectivity index (χ3n) is 4.21. The van der Waals surface area contributed by atoms with Crippen LogP contribution in [0.25, 0.3) is 10.9 Å². The van der Waals surface area contributed by atoms with Gasteiger partial charge in [0.25, 0.3) is 0 Å². The van der Waals surface area contributed by atoms with Crippen molar-refractivity contribution in [2.75, 3.05) is 24.5 Å². The Balaban J connectivity index is 1.87. The van der Waals surface area contributed by atoms with Crippen molar-refractivity contribution in [2.24, 2.45) is 0 Å². The Bertz CT molecular complexity index is 735. The van der Waals surface area contributed by atoms with E-state index in [1.165, 1.54) is 0 Å². The van der Waals surface area contributed by atoms with Crippen LogP contribution in [0.5, 0.6) is 0 Å². The number of pyridine rings is 1. The highest BCUT2D eigenvalue weighted by Crippen LogP contribution is 2.28. The number of halogens is 1. The Labute approximate surface area is 140 Å². The molecule has 0 amide bonds. The van der Waals surface area contributed by atoms with Gasteiger partial charge in [-0.2, -0.15) is 0 Å². The normalized spacial score (nSPS) is 17.8. The quantitative estimate of drug-likeness (QED) is 0.879. The first-order valence-electron chi connectivity index (χ1n) is 7.91. The lowest BCUT2D eigenvalue weighted by Gasteiger charge is -2.18. The predicted octanol–water partition coefficient (Wildman–Crippen LogP) is 3.16. The first-order chi connectivity index (χ1) is 11.1. The maximum atomic E-state index is 11.4. The van der Waals surface area contributed by atoms with Gasteiger partial charge in [0.1, 0.15) is 5.82 Å². The van der Waals surface area contributed by atoms with Gasteiger partial charge in [0.05, 0.1) is 16.1 Å². The molecule has 2 aromatic rings. The molecule has 1 atom stereocenters. The third-order valence-corrected chi connectivity index (χ3v) is 4.53. The van der Waals surface area contributed by atoms with E-state index in [0.29, 0.717) is 16.9 Å². The molecule has 23 heavy (non-hydrogen) atoms. The van der Waals surface area contributed by atoms with Gasteiger partial charge in [-0.25, -0.2) is 9.78 Å². The molecule has 1 aliphatic rings. The number of fused-ring (bicyclic) bond motifs is 1. The maximum Gasteiger partial charge on any atom is 0.337 e. The Morgan fingerprint density at radius 3 is 3.00 bits per heavy atom. The van der Waals surface area contributed by atoms with Crippen LogP contribution in [0.15, 0.2) is 24.3 Å². The average molecular weight is 334 g/mol. The number of carboxylic acid groups (broad SMARTS) is 1. The van der Waals surface area contributed by atoms with Gasteiger partial charge in [-0.3, -0.25) is 0 Å². The Morgan fingerprint density at radius 2 is 2.26 bits per heavy atom. The second-order valence-electron chi connectivity index (χ2n) is 5.85. The molecule has 5 nitrogen and oxygen atoms in total. The lowest BCUT2D eigenvalue weighted by atomic mass is 10.1. The minimum Gasteiger partial charge on any atom is -0.478 e. The predicted molar refractivity (Wildman–Crippen MR) is 92.6 cm³/mol. The van der Waals surface area contributed by atoms with Crippen molar-refractivity contribution in [3.05, 3.63) is 34.9 Å². The first-order valence-corrected chi connectivity index (χ1v) is 8.29. The van der Waals surface area contributed by atoms with Crippen LogP contribution in [0, 0.1) is 0 Å². The van der Waals surface area contributed by atoms with Crippen LogP contribution in [-0.2, 0) is 0 Å². The zero-order valence-electron chi connectivity index (χ0n) is 13.1. The molecule has 1 unspecified atom stereocenters. The summed E-state index contributed by atoms with van der Waals surface area (Å²) < 4.78 is 0. The Hall–Kier alpha value is -1.85. The summed E-state index contributed by atoms with van der Waals surface area (Å²) in [4.78, 5) is 18.3. The number of nitrogens with one attached hydrogen (secondary N) is 1. The maximum absolute atomic E-state index is 11.4. The summed E-state index contributed by atoms with van der Waals surface area (Å²) in [5, 5.41) is 13.7. The Morgan fingerprint density at radius 1 is 1.43 bits per heavy atom. The summed E-state index contributed by atoms with van der Waals surface area (Å²) in [6.07, 6.45) is 2.23. The number of hydrogen-bond donors (Lipinski definition) is 2. The highest BCUT2D eigenvalue weighted by atomic mass is 35.5. The molecule has 0 saturated carbocycles. The second-order valence-corrected chi connectivity index (χ2v) is 6.26. The summed E-state index contributed by atoms with van der Waals surface area (Å²) >= 11 is 6.01. The van der Waals surface area contributed by atoms with E-state index in [1.807, 2.05) is 6.07 Å². The van der Waals surface area contributed by atoms with Gasteiger partial charge < -0.3 is 15.3 Å². The van der Waals surface area contributed by atoms with E-state index in [4.69, 9.17) is 11.6 Å². The van der Waals surface area contributed by atoms with Crippen LogP contribution in [0.3, 0.4) is 0 Å². The molecule has 3 rings (SSSR count). The van der Waals surface area contributed by atoms with Gasteiger partial charge in [0.2, 0.25) is 0 Å². The van der Waals surface area contributed by atoms with Gasteiger partial charge in [-0.15, -0.1) is 0 Å². The van der Waals surface area contributed by atoms with Crippen molar-refractivity contribution in [2.45, 2.75) is 25.8 Å². The summed E-state index contributed by atoms with van der Waals surface area (Å²) in [6, 6.07) is 7.55. The Kier molecular flexibility index (Phi) is 4.68. The molecule has 2 heterocycles. The summed E-state index contributed by atoms with van der Waals surface area (Å²) in [6.45, 7) is 5.08.